The standard InChI is InChI=1S/C15H21NO2/c1-9(2)11-5-6-13-12(7-11)8-16(4)15(18)14(13)10(3)17/h8-9,11H,5-7H2,1-4H3. The van der Waals surface area contributed by atoms with Gasteiger partial charge in [-0.05, 0) is 49.1 Å². The van der Waals surface area contributed by atoms with E-state index in [0.717, 1.165) is 24.8 Å². The first-order valence-electron chi connectivity index (χ1n) is 6.64. The highest BCUT2D eigenvalue weighted by molar-refractivity contribution is 5.95. The molecule has 1 unspecified atom stereocenters. The van der Waals surface area contributed by atoms with Crippen LogP contribution in [0.25, 0.3) is 0 Å². The van der Waals surface area contributed by atoms with Crippen LogP contribution >= 0.6 is 0 Å². The molecule has 0 aromatic carbocycles. The average molecular weight is 247 g/mol. The minimum absolute atomic E-state index is 0.101. The lowest BCUT2D eigenvalue weighted by Gasteiger charge is -2.28. The number of rotatable bonds is 2. The molecule has 1 aromatic heterocycles. The molecule has 98 valence electrons. The molecule has 1 heterocycles. The van der Waals surface area contributed by atoms with Crippen LogP contribution in [0, 0.1) is 11.8 Å². The number of ketones is 1. The van der Waals surface area contributed by atoms with Gasteiger partial charge in [0.05, 0.1) is 5.56 Å². The highest BCUT2D eigenvalue weighted by Crippen LogP contribution is 2.30. The Hall–Kier alpha value is -1.38. The van der Waals surface area contributed by atoms with Gasteiger partial charge in [-0.2, -0.15) is 0 Å². The number of nitrogens with zero attached hydrogens (tertiary/aromatic N) is 1. The summed E-state index contributed by atoms with van der Waals surface area (Å²) < 4.78 is 1.55. The molecule has 0 amide bonds. The Morgan fingerprint density at radius 2 is 2.11 bits per heavy atom. The molecule has 0 bridgehead atoms. The lowest BCUT2D eigenvalue weighted by molar-refractivity contribution is 0.101. The first kappa shape index (κ1) is 13.1. The summed E-state index contributed by atoms with van der Waals surface area (Å²) in [6, 6.07) is 0. The monoisotopic (exact) mass is 247 g/mol. The third-order valence-electron chi connectivity index (χ3n) is 4.12. The van der Waals surface area contributed by atoms with Crippen LogP contribution in [-0.2, 0) is 19.9 Å². The number of carbonyl (C=O) groups is 1. The first-order valence-corrected chi connectivity index (χ1v) is 6.64. The normalized spacial score (nSPS) is 18.8. The van der Waals surface area contributed by atoms with E-state index in [4.69, 9.17) is 0 Å². The molecule has 3 nitrogen and oxygen atoms in total. The van der Waals surface area contributed by atoms with Gasteiger partial charge in [0.2, 0.25) is 0 Å². The Bertz CT molecular complexity index is 540. The van der Waals surface area contributed by atoms with E-state index >= 15 is 0 Å². The van der Waals surface area contributed by atoms with Crippen LogP contribution in [0.15, 0.2) is 11.0 Å². The fourth-order valence-corrected chi connectivity index (χ4v) is 2.94. The maximum atomic E-state index is 12.0. The summed E-state index contributed by atoms with van der Waals surface area (Å²) in [5.74, 6) is 1.21. The Labute approximate surface area is 108 Å². The molecular weight excluding hydrogens is 226 g/mol. The zero-order valence-corrected chi connectivity index (χ0v) is 11.6. The first-order chi connectivity index (χ1) is 8.41. The van der Waals surface area contributed by atoms with E-state index < -0.39 is 0 Å². The SMILES string of the molecule is CC(=O)c1c2c(cn(C)c1=O)CC(C(C)C)CC2. The van der Waals surface area contributed by atoms with Crippen molar-refractivity contribution >= 4 is 5.78 Å². The molecule has 0 fully saturated rings. The molecule has 0 spiro atoms. The van der Waals surface area contributed by atoms with Crippen molar-refractivity contribution in [1.82, 2.24) is 4.57 Å². The summed E-state index contributed by atoms with van der Waals surface area (Å²) in [6.07, 6.45) is 4.85. The highest BCUT2D eigenvalue weighted by Gasteiger charge is 2.26. The number of Topliss-reactive ketones (excluding diaryl/α,β-unsaturated/α-hetero) is 1. The second-order valence-electron chi connectivity index (χ2n) is 5.73. The summed E-state index contributed by atoms with van der Waals surface area (Å²) >= 11 is 0. The van der Waals surface area contributed by atoms with E-state index in [1.807, 2.05) is 6.20 Å². The van der Waals surface area contributed by atoms with Crippen molar-refractivity contribution in [1.29, 1.82) is 0 Å². The summed E-state index contributed by atoms with van der Waals surface area (Å²) in [6.45, 7) is 5.97. The molecule has 1 atom stereocenters. The van der Waals surface area contributed by atoms with Crippen molar-refractivity contribution in [2.45, 2.75) is 40.0 Å². The minimum atomic E-state index is -0.149. The number of hydrogen-bond acceptors (Lipinski definition) is 2. The van der Waals surface area contributed by atoms with Gasteiger partial charge in [0, 0.05) is 13.2 Å². The topological polar surface area (TPSA) is 39.1 Å². The third-order valence-corrected chi connectivity index (χ3v) is 4.12. The van der Waals surface area contributed by atoms with Crippen molar-refractivity contribution < 1.29 is 4.79 Å². The van der Waals surface area contributed by atoms with Gasteiger partial charge in [-0.25, -0.2) is 0 Å². The Balaban J connectivity index is 2.55. The van der Waals surface area contributed by atoms with E-state index in [2.05, 4.69) is 13.8 Å². The van der Waals surface area contributed by atoms with Crippen molar-refractivity contribution in [3.05, 3.63) is 33.2 Å². The van der Waals surface area contributed by atoms with E-state index in [9.17, 15) is 9.59 Å². The fraction of sp³-hybridized carbons (Fsp3) is 0.600. The van der Waals surface area contributed by atoms with Crippen molar-refractivity contribution in [3.63, 3.8) is 0 Å². The molecule has 1 aromatic rings. The maximum Gasteiger partial charge on any atom is 0.261 e. The van der Waals surface area contributed by atoms with Gasteiger partial charge >= 0.3 is 0 Å². The van der Waals surface area contributed by atoms with Gasteiger partial charge in [-0.1, -0.05) is 13.8 Å². The second-order valence-corrected chi connectivity index (χ2v) is 5.73. The second kappa shape index (κ2) is 4.71. The maximum absolute atomic E-state index is 12.0. The zero-order chi connectivity index (χ0) is 13.4. The molecule has 18 heavy (non-hydrogen) atoms. The smallest absolute Gasteiger partial charge is 0.261 e. The molecule has 1 aliphatic rings. The summed E-state index contributed by atoms with van der Waals surface area (Å²) in [4.78, 5) is 23.7. The number of carbonyl (C=O) groups excluding carboxylic acids is 1. The van der Waals surface area contributed by atoms with Crippen molar-refractivity contribution in [3.8, 4) is 0 Å². The number of pyridine rings is 1. The predicted molar refractivity (Wildman–Crippen MR) is 72.0 cm³/mol. The van der Waals surface area contributed by atoms with Gasteiger partial charge in [-0.15, -0.1) is 0 Å². The van der Waals surface area contributed by atoms with E-state index in [1.165, 1.54) is 12.5 Å². The number of fused-ring (bicyclic) bond motifs is 1. The molecule has 0 radical (unpaired) electrons. The molecule has 1 aliphatic carbocycles. The summed E-state index contributed by atoms with van der Waals surface area (Å²) in [5, 5.41) is 0. The number of hydrogen-bond donors (Lipinski definition) is 0. The van der Waals surface area contributed by atoms with Crippen molar-refractivity contribution in [2.75, 3.05) is 0 Å². The van der Waals surface area contributed by atoms with Crippen LogP contribution in [0.5, 0.6) is 0 Å². The van der Waals surface area contributed by atoms with Crippen LogP contribution in [-0.4, -0.2) is 10.4 Å². The zero-order valence-electron chi connectivity index (χ0n) is 11.6. The largest absolute Gasteiger partial charge is 0.318 e. The minimum Gasteiger partial charge on any atom is -0.318 e. The van der Waals surface area contributed by atoms with Crippen LogP contribution in [0.1, 0.15) is 48.7 Å². The van der Waals surface area contributed by atoms with Crippen LogP contribution in [0.4, 0.5) is 0 Å². The van der Waals surface area contributed by atoms with Gasteiger partial charge < -0.3 is 4.57 Å². The van der Waals surface area contributed by atoms with Gasteiger partial charge in [-0.3, -0.25) is 9.59 Å². The van der Waals surface area contributed by atoms with Crippen LogP contribution in [0.2, 0.25) is 0 Å². The molecule has 0 N–H and O–H groups in total. The van der Waals surface area contributed by atoms with Crippen LogP contribution in [0.3, 0.4) is 0 Å². The van der Waals surface area contributed by atoms with Gasteiger partial charge in [0.15, 0.2) is 5.78 Å². The Morgan fingerprint density at radius 3 is 2.67 bits per heavy atom. The fourth-order valence-electron chi connectivity index (χ4n) is 2.94. The molecular formula is C15H21NO2. The quantitative estimate of drug-likeness (QED) is 0.752. The van der Waals surface area contributed by atoms with Crippen LogP contribution < -0.4 is 5.56 Å². The summed E-state index contributed by atoms with van der Waals surface area (Å²) in [7, 11) is 1.73. The lowest BCUT2D eigenvalue weighted by atomic mass is 9.77. The number of aryl methyl sites for hydroxylation is 1. The third kappa shape index (κ3) is 2.14. The average Bonchev–Trinajstić information content (AvgIpc) is 2.29. The molecule has 2 rings (SSSR count). The lowest BCUT2D eigenvalue weighted by Crippen LogP contribution is -2.30. The molecule has 0 saturated heterocycles. The highest BCUT2D eigenvalue weighted by atomic mass is 16.1. The summed E-state index contributed by atoms with van der Waals surface area (Å²) in [5.41, 5.74) is 2.45. The predicted octanol–water partition coefficient (Wildman–Crippen LogP) is 2.35. The van der Waals surface area contributed by atoms with Gasteiger partial charge in [0.25, 0.3) is 5.56 Å². The molecule has 0 saturated carbocycles. The van der Waals surface area contributed by atoms with E-state index in [0.29, 0.717) is 17.4 Å². The van der Waals surface area contributed by atoms with Gasteiger partial charge in [0.1, 0.15) is 0 Å². The molecule has 3 heteroatoms. The van der Waals surface area contributed by atoms with E-state index in [-0.39, 0.29) is 11.3 Å². The Kier molecular flexibility index (Phi) is 3.42. The van der Waals surface area contributed by atoms with Crippen molar-refractivity contribution in [2.24, 2.45) is 18.9 Å². The molecule has 0 aliphatic heterocycles. The Morgan fingerprint density at radius 1 is 1.44 bits per heavy atom. The number of aromatic nitrogens is 1. The van der Waals surface area contributed by atoms with E-state index in [1.54, 1.807) is 11.6 Å².